The zero-order valence-corrected chi connectivity index (χ0v) is 11.3. The van der Waals surface area contributed by atoms with Crippen LogP contribution in [-0.4, -0.2) is 17.9 Å². The first-order valence-electron chi connectivity index (χ1n) is 6.36. The first-order valence-corrected chi connectivity index (χ1v) is 6.36. The maximum absolute atomic E-state index is 11.9. The standard InChI is InChI=1S/C15H22O3/c1-4-15(3,14(17)18-11-16)10-12(2)13-8-6-5-7-9-13/h5-9,12,16H,4,10-11H2,1-3H3. The predicted octanol–water partition coefficient (Wildman–Crippen LogP) is 3.09. The molecule has 0 amide bonds. The van der Waals surface area contributed by atoms with Gasteiger partial charge in [0.1, 0.15) is 0 Å². The highest BCUT2D eigenvalue weighted by molar-refractivity contribution is 5.76. The van der Waals surface area contributed by atoms with E-state index in [1.165, 1.54) is 5.56 Å². The minimum Gasteiger partial charge on any atom is -0.438 e. The lowest BCUT2D eigenvalue weighted by molar-refractivity contribution is -0.164. The number of esters is 1. The molecule has 3 nitrogen and oxygen atoms in total. The van der Waals surface area contributed by atoms with Gasteiger partial charge in [-0.2, -0.15) is 0 Å². The molecule has 0 aliphatic carbocycles. The number of carbonyl (C=O) groups excluding carboxylic acids is 1. The van der Waals surface area contributed by atoms with Crippen LogP contribution in [0.4, 0.5) is 0 Å². The molecule has 18 heavy (non-hydrogen) atoms. The van der Waals surface area contributed by atoms with Gasteiger partial charge in [0.05, 0.1) is 5.41 Å². The van der Waals surface area contributed by atoms with Crippen molar-refractivity contribution >= 4 is 5.97 Å². The Bertz CT molecular complexity index is 375. The predicted molar refractivity (Wildman–Crippen MR) is 71.0 cm³/mol. The van der Waals surface area contributed by atoms with Gasteiger partial charge in [-0.1, -0.05) is 44.2 Å². The molecular formula is C15H22O3. The molecule has 0 fully saturated rings. The molecule has 0 saturated carbocycles. The SMILES string of the molecule is CCC(C)(CC(C)c1ccccc1)C(=O)OCO. The molecule has 1 aromatic carbocycles. The number of hydrogen-bond acceptors (Lipinski definition) is 3. The summed E-state index contributed by atoms with van der Waals surface area (Å²) in [6.45, 7) is 5.42. The maximum Gasteiger partial charge on any atom is 0.313 e. The summed E-state index contributed by atoms with van der Waals surface area (Å²) in [6, 6.07) is 10.1. The Labute approximate surface area is 109 Å². The second-order valence-corrected chi connectivity index (χ2v) is 4.99. The minimum absolute atomic E-state index is 0.280. The third-order valence-corrected chi connectivity index (χ3v) is 3.59. The van der Waals surface area contributed by atoms with E-state index >= 15 is 0 Å². The van der Waals surface area contributed by atoms with E-state index in [0.717, 1.165) is 0 Å². The molecule has 0 spiro atoms. The zero-order chi connectivity index (χ0) is 13.6. The Morgan fingerprint density at radius 2 is 2.00 bits per heavy atom. The van der Waals surface area contributed by atoms with E-state index in [1.54, 1.807) is 0 Å². The van der Waals surface area contributed by atoms with Crippen LogP contribution in [0.2, 0.25) is 0 Å². The van der Waals surface area contributed by atoms with E-state index in [4.69, 9.17) is 9.84 Å². The summed E-state index contributed by atoms with van der Waals surface area (Å²) in [7, 11) is 0. The molecule has 100 valence electrons. The van der Waals surface area contributed by atoms with Gasteiger partial charge in [0.15, 0.2) is 6.79 Å². The smallest absolute Gasteiger partial charge is 0.313 e. The quantitative estimate of drug-likeness (QED) is 0.623. The fraction of sp³-hybridized carbons (Fsp3) is 0.533. The van der Waals surface area contributed by atoms with Crippen LogP contribution in [0.3, 0.4) is 0 Å². The van der Waals surface area contributed by atoms with Crippen LogP contribution in [0.1, 0.15) is 45.1 Å². The third-order valence-electron chi connectivity index (χ3n) is 3.59. The van der Waals surface area contributed by atoms with Crippen molar-refractivity contribution in [1.29, 1.82) is 0 Å². The lowest BCUT2D eigenvalue weighted by Crippen LogP contribution is -2.31. The summed E-state index contributed by atoms with van der Waals surface area (Å²) >= 11 is 0. The Morgan fingerprint density at radius 1 is 1.39 bits per heavy atom. The first-order chi connectivity index (χ1) is 8.53. The van der Waals surface area contributed by atoms with Crippen LogP contribution in [-0.2, 0) is 9.53 Å². The number of ether oxygens (including phenoxy) is 1. The van der Waals surface area contributed by atoms with Gasteiger partial charge in [-0.15, -0.1) is 0 Å². The third kappa shape index (κ3) is 3.57. The number of rotatable bonds is 6. The lowest BCUT2D eigenvalue weighted by Gasteiger charge is -2.28. The number of hydrogen-bond donors (Lipinski definition) is 1. The largest absolute Gasteiger partial charge is 0.438 e. The van der Waals surface area contributed by atoms with E-state index in [1.807, 2.05) is 32.0 Å². The van der Waals surface area contributed by atoms with E-state index in [2.05, 4.69) is 19.1 Å². The van der Waals surface area contributed by atoms with Crippen LogP contribution in [0.5, 0.6) is 0 Å². The number of aliphatic hydroxyl groups excluding tert-OH is 1. The summed E-state index contributed by atoms with van der Waals surface area (Å²) in [5.74, 6) is -0.0438. The molecular weight excluding hydrogens is 228 g/mol. The van der Waals surface area contributed by atoms with Crippen LogP contribution in [0, 0.1) is 5.41 Å². The highest BCUT2D eigenvalue weighted by Gasteiger charge is 2.34. The number of benzene rings is 1. The normalized spacial score (nSPS) is 15.8. The van der Waals surface area contributed by atoms with Crippen molar-refractivity contribution in [3.8, 4) is 0 Å². The topological polar surface area (TPSA) is 46.5 Å². The molecule has 0 heterocycles. The molecule has 1 aromatic rings. The van der Waals surface area contributed by atoms with Crippen LogP contribution < -0.4 is 0 Å². The summed E-state index contributed by atoms with van der Waals surface area (Å²) in [5.41, 5.74) is 0.673. The van der Waals surface area contributed by atoms with E-state index < -0.39 is 12.2 Å². The van der Waals surface area contributed by atoms with Crippen LogP contribution in [0.15, 0.2) is 30.3 Å². The van der Waals surface area contributed by atoms with Crippen molar-refractivity contribution in [3.63, 3.8) is 0 Å². The van der Waals surface area contributed by atoms with Gasteiger partial charge in [0.2, 0.25) is 0 Å². The summed E-state index contributed by atoms with van der Waals surface area (Å²) in [5, 5.41) is 8.70. The van der Waals surface area contributed by atoms with Crippen molar-refractivity contribution < 1.29 is 14.6 Å². The monoisotopic (exact) mass is 250 g/mol. The van der Waals surface area contributed by atoms with Crippen LogP contribution in [0.25, 0.3) is 0 Å². The van der Waals surface area contributed by atoms with E-state index in [-0.39, 0.29) is 11.9 Å². The molecule has 0 radical (unpaired) electrons. The summed E-state index contributed by atoms with van der Waals surface area (Å²) < 4.78 is 4.75. The second-order valence-electron chi connectivity index (χ2n) is 4.99. The lowest BCUT2D eigenvalue weighted by atomic mass is 9.77. The number of carbonyl (C=O) groups is 1. The van der Waals surface area contributed by atoms with Gasteiger partial charge in [-0.3, -0.25) is 4.79 Å². The number of aliphatic hydroxyl groups is 1. The van der Waals surface area contributed by atoms with Crippen LogP contribution >= 0.6 is 0 Å². The molecule has 0 saturated heterocycles. The molecule has 3 heteroatoms. The average Bonchev–Trinajstić information content (AvgIpc) is 2.39. The van der Waals surface area contributed by atoms with E-state index in [0.29, 0.717) is 12.8 Å². The first kappa shape index (κ1) is 14.7. The van der Waals surface area contributed by atoms with Gasteiger partial charge in [0, 0.05) is 0 Å². The van der Waals surface area contributed by atoms with Gasteiger partial charge >= 0.3 is 5.97 Å². The molecule has 2 unspecified atom stereocenters. The highest BCUT2D eigenvalue weighted by atomic mass is 16.6. The molecule has 0 aliphatic rings. The molecule has 1 rings (SSSR count). The second kappa shape index (κ2) is 6.55. The maximum atomic E-state index is 11.9. The average molecular weight is 250 g/mol. The van der Waals surface area contributed by atoms with Gasteiger partial charge in [0.25, 0.3) is 0 Å². The zero-order valence-electron chi connectivity index (χ0n) is 11.3. The fourth-order valence-corrected chi connectivity index (χ4v) is 2.18. The summed E-state index contributed by atoms with van der Waals surface area (Å²) in [4.78, 5) is 11.9. The van der Waals surface area contributed by atoms with Crippen molar-refractivity contribution in [1.82, 2.24) is 0 Å². The van der Waals surface area contributed by atoms with Gasteiger partial charge in [-0.05, 0) is 31.2 Å². The van der Waals surface area contributed by atoms with Gasteiger partial charge < -0.3 is 9.84 Å². The Hall–Kier alpha value is -1.35. The van der Waals surface area contributed by atoms with E-state index in [9.17, 15) is 4.79 Å². The fourth-order valence-electron chi connectivity index (χ4n) is 2.18. The molecule has 2 atom stereocenters. The Morgan fingerprint density at radius 3 is 2.50 bits per heavy atom. The van der Waals surface area contributed by atoms with Crippen molar-refractivity contribution in [2.45, 2.75) is 39.5 Å². The molecule has 0 aromatic heterocycles. The van der Waals surface area contributed by atoms with Gasteiger partial charge in [-0.25, -0.2) is 0 Å². The Kier molecular flexibility index (Phi) is 5.35. The van der Waals surface area contributed by atoms with Crippen molar-refractivity contribution in [2.24, 2.45) is 5.41 Å². The highest BCUT2D eigenvalue weighted by Crippen LogP contribution is 2.35. The molecule has 0 bridgehead atoms. The summed E-state index contributed by atoms with van der Waals surface area (Å²) in [6.07, 6.45) is 1.41. The molecule has 1 N–H and O–H groups in total. The molecule has 0 aliphatic heterocycles. The Balaban J connectivity index is 2.76. The minimum atomic E-state index is -0.547. The van der Waals surface area contributed by atoms with Crippen molar-refractivity contribution in [3.05, 3.63) is 35.9 Å². The van der Waals surface area contributed by atoms with Crippen molar-refractivity contribution in [2.75, 3.05) is 6.79 Å².